The van der Waals surface area contributed by atoms with Crippen molar-refractivity contribution in [2.75, 3.05) is 0 Å². The quantitative estimate of drug-likeness (QED) is 0.614. The Hall–Kier alpha value is -0.330. The number of fused-ring (bicyclic) bond motifs is 5. The standard InChI is InChI=1S/C21H34O/c1-14(22)17-9-10-18-16-8-7-15-6-4-5-12-20(15,2)19(16)11-13-21(17,18)3/h15-19H,4-13H2,1-3H3/t15?,16-,17?,18-,19-,20-,21+/m0/s1. The Balaban J connectivity index is 1.63. The summed E-state index contributed by atoms with van der Waals surface area (Å²) in [7, 11) is 0. The Kier molecular flexibility index (Phi) is 3.51. The number of rotatable bonds is 1. The van der Waals surface area contributed by atoms with Gasteiger partial charge in [-0.25, -0.2) is 0 Å². The molecule has 0 aromatic heterocycles. The van der Waals surface area contributed by atoms with Crippen molar-refractivity contribution in [2.45, 2.75) is 85.0 Å². The van der Waals surface area contributed by atoms with Crippen molar-refractivity contribution in [3.63, 3.8) is 0 Å². The lowest BCUT2D eigenvalue weighted by Crippen LogP contribution is -2.53. The summed E-state index contributed by atoms with van der Waals surface area (Å²) in [6.45, 7) is 6.97. The van der Waals surface area contributed by atoms with Crippen LogP contribution in [0, 0.1) is 40.4 Å². The lowest BCUT2D eigenvalue weighted by Gasteiger charge is -2.60. The zero-order chi connectivity index (χ0) is 15.5. The fourth-order valence-electron chi connectivity index (χ4n) is 7.96. The van der Waals surface area contributed by atoms with Crippen LogP contribution < -0.4 is 0 Å². The molecule has 0 radical (unpaired) electrons. The third kappa shape index (κ3) is 1.93. The van der Waals surface area contributed by atoms with Crippen molar-refractivity contribution < 1.29 is 4.79 Å². The Morgan fingerprint density at radius 3 is 2.36 bits per heavy atom. The molecule has 22 heavy (non-hydrogen) atoms. The maximum Gasteiger partial charge on any atom is 0.133 e. The van der Waals surface area contributed by atoms with Gasteiger partial charge in [-0.1, -0.05) is 26.7 Å². The summed E-state index contributed by atoms with van der Waals surface area (Å²) in [6.07, 6.45) is 14.1. The van der Waals surface area contributed by atoms with Crippen LogP contribution >= 0.6 is 0 Å². The zero-order valence-electron chi connectivity index (χ0n) is 14.9. The highest BCUT2D eigenvalue weighted by Crippen LogP contribution is 2.67. The molecule has 1 heteroatoms. The fourth-order valence-corrected chi connectivity index (χ4v) is 7.96. The SMILES string of the molecule is CC(=O)C1CC[C@H]2[C@@H]3CCC4CCCC[C@]4(C)[C@H]3CC[C@]12C. The van der Waals surface area contributed by atoms with Crippen molar-refractivity contribution in [1.29, 1.82) is 0 Å². The average Bonchev–Trinajstić information content (AvgIpc) is 2.84. The van der Waals surface area contributed by atoms with E-state index in [4.69, 9.17) is 0 Å². The zero-order valence-corrected chi connectivity index (χ0v) is 14.9. The van der Waals surface area contributed by atoms with Crippen molar-refractivity contribution in [2.24, 2.45) is 40.4 Å². The molecule has 4 fully saturated rings. The highest BCUT2D eigenvalue weighted by Gasteiger charge is 2.60. The van der Waals surface area contributed by atoms with E-state index >= 15 is 0 Å². The maximum absolute atomic E-state index is 12.2. The van der Waals surface area contributed by atoms with Gasteiger partial charge >= 0.3 is 0 Å². The van der Waals surface area contributed by atoms with E-state index < -0.39 is 0 Å². The summed E-state index contributed by atoms with van der Waals surface area (Å²) in [5.74, 6) is 4.60. The first kappa shape index (κ1) is 15.2. The molecule has 0 spiro atoms. The summed E-state index contributed by atoms with van der Waals surface area (Å²) < 4.78 is 0. The third-order valence-electron chi connectivity index (χ3n) is 9.07. The Labute approximate surface area is 136 Å². The molecule has 0 aliphatic heterocycles. The number of Topliss-reactive ketones (excluding diaryl/α,β-unsaturated/α-hetero) is 1. The van der Waals surface area contributed by atoms with Crippen molar-refractivity contribution in [3.8, 4) is 0 Å². The summed E-state index contributed by atoms with van der Waals surface area (Å²) in [5.41, 5.74) is 0.974. The third-order valence-corrected chi connectivity index (χ3v) is 9.07. The second kappa shape index (κ2) is 5.08. The second-order valence-electron chi connectivity index (χ2n) is 9.69. The van der Waals surface area contributed by atoms with Crippen LogP contribution in [0.25, 0.3) is 0 Å². The normalized spacial score (nSPS) is 54.2. The van der Waals surface area contributed by atoms with E-state index in [1.54, 1.807) is 0 Å². The summed E-state index contributed by atoms with van der Waals surface area (Å²) in [5, 5.41) is 0. The topological polar surface area (TPSA) is 17.1 Å². The van der Waals surface area contributed by atoms with Crippen molar-refractivity contribution >= 4 is 5.78 Å². The lowest BCUT2D eigenvalue weighted by atomic mass is 9.45. The van der Waals surface area contributed by atoms with E-state index in [2.05, 4.69) is 13.8 Å². The largest absolute Gasteiger partial charge is 0.300 e. The molecule has 0 heterocycles. The van der Waals surface area contributed by atoms with E-state index in [0.717, 1.165) is 23.7 Å². The molecule has 4 aliphatic rings. The Bertz CT molecular complexity index is 469. The first-order valence-electron chi connectivity index (χ1n) is 9.97. The molecule has 0 amide bonds. The molecular weight excluding hydrogens is 268 g/mol. The Morgan fingerprint density at radius 2 is 1.59 bits per heavy atom. The van der Waals surface area contributed by atoms with E-state index in [1.807, 2.05) is 6.92 Å². The molecule has 4 saturated carbocycles. The first-order valence-corrected chi connectivity index (χ1v) is 9.97. The van der Waals surface area contributed by atoms with Gasteiger partial charge in [0.1, 0.15) is 5.78 Å². The number of hydrogen-bond acceptors (Lipinski definition) is 1. The van der Waals surface area contributed by atoms with Gasteiger partial charge in [0.25, 0.3) is 0 Å². The van der Waals surface area contributed by atoms with E-state index in [9.17, 15) is 4.79 Å². The average molecular weight is 303 g/mol. The van der Waals surface area contributed by atoms with Gasteiger partial charge in [-0.15, -0.1) is 0 Å². The van der Waals surface area contributed by atoms with Gasteiger partial charge < -0.3 is 0 Å². The van der Waals surface area contributed by atoms with Gasteiger partial charge in [0, 0.05) is 5.92 Å². The molecule has 4 rings (SSSR count). The number of carbonyl (C=O) groups excluding carboxylic acids is 1. The monoisotopic (exact) mass is 302 g/mol. The van der Waals surface area contributed by atoms with Gasteiger partial charge in [0.2, 0.25) is 0 Å². The van der Waals surface area contributed by atoms with Crippen LogP contribution in [0.1, 0.15) is 85.0 Å². The predicted molar refractivity (Wildman–Crippen MR) is 90.5 cm³/mol. The first-order chi connectivity index (χ1) is 10.5. The minimum absolute atomic E-state index is 0.338. The van der Waals surface area contributed by atoms with Crippen LogP contribution in [0.2, 0.25) is 0 Å². The molecule has 0 N–H and O–H groups in total. The van der Waals surface area contributed by atoms with Gasteiger partial charge in [-0.3, -0.25) is 4.79 Å². The summed E-state index contributed by atoms with van der Waals surface area (Å²) >= 11 is 0. The molecular formula is C21H34O. The lowest BCUT2D eigenvalue weighted by molar-refractivity contribution is -0.133. The van der Waals surface area contributed by atoms with Crippen LogP contribution in [0.4, 0.5) is 0 Å². The molecule has 124 valence electrons. The minimum Gasteiger partial charge on any atom is -0.300 e. The number of ketones is 1. The Morgan fingerprint density at radius 1 is 0.818 bits per heavy atom. The highest BCUT2D eigenvalue weighted by atomic mass is 16.1. The predicted octanol–water partition coefficient (Wildman–Crippen LogP) is 5.62. The molecule has 2 unspecified atom stereocenters. The van der Waals surface area contributed by atoms with Gasteiger partial charge in [0.05, 0.1) is 0 Å². The maximum atomic E-state index is 12.2. The molecule has 0 aromatic rings. The van der Waals surface area contributed by atoms with Crippen molar-refractivity contribution in [1.82, 2.24) is 0 Å². The fraction of sp³-hybridized carbons (Fsp3) is 0.952. The minimum atomic E-state index is 0.338. The molecule has 7 atom stereocenters. The van der Waals surface area contributed by atoms with E-state index in [-0.39, 0.29) is 0 Å². The number of carbonyl (C=O) groups is 1. The summed E-state index contributed by atoms with van der Waals surface area (Å²) in [4.78, 5) is 12.2. The van der Waals surface area contributed by atoms with Gasteiger partial charge in [0.15, 0.2) is 0 Å². The van der Waals surface area contributed by atoms with Crippen LogP contribution in [0.3, 0.4) is 0 Å². The van der Waals surface area contributed by atoms with Crippen LogP contribution in [-0.2, 0) is 4.79 Å². The van der Waals surface area contributed by atoms with E-state index in [1.165, 1.54) is 64.2 Å². The van der Waals surface area contributed by atoms with Crippen LogP contribution in [0.5, 0.6) is 0 Å². The van der Waals surface area contributed by atoms with Crippen LogP contribution in [-0.4, -0.2) is 5.78 Å². The number of hydrogen-bond donors (Lipinski definition) is 0. The van der Waals surface area contributed by atoms with Crippen LogP contribution in [0.15, 0.2) is 0 Å². The molecule has 0 aromatic carbocycles. The summed E-state index contributed by atoms with van der Waals surface area (Å²) in [6, 6.07) is 0. The molecule has 1 nitrogen and oxygen atoms in total. The van der Waals surface area contributed by atoms with Crippen molar-refractivity contribution in [3.05, 3.63) is 0 Å². The second-order valence-corrected chi connectivity index (χ2v) is 9.69. The van der Waals surface area contributed by atoms with Gasteiger partial charge in [-0.2, -0.15) is 0 Å². The molecule has 0 saturated heterocycles. The van der Waals surface area contributed by atoms with E-state index in [0.29, 0.717) is 22.5 Å². The smallest absolute Gasteiger partial charge is 0.133 e. The molecule has 4 aliphatic carbocycles. The molecule has 0 bridgehead atoms. The van der Waals surface area contributed by atoms with Gasteiger partial charge in [-0.05, 0) is 92.8 Å². The highest BCUT2D eigenvalue weighted by molar-refractivity contribution is 5.79.